The fourth-order valence-corrected chi connectivity index (χ4v) is 2.80. The zero-order valence-electron chi connectivity index (χ0n) is 12.0. The fraction of sp³-hybridized carbons (Fsp3) is 0.615. The molecule has 118 valence electrons. The van der Waals surface area contributed by atoms with Crippen molar-refractivity contribution >= 4 is 25.6 Å². The Morgan fingerprint density at radius 3 is 2.76 bits per heavy atom. The summed E-state index contributed by atoms with van der Waals surface area (Å²) < 4.78 is 29.8. The molecular formula is C13H19ClN2O4S. The number of nitrogens with one attached hydrogen (secondary N) is 1. The van der Waals surface area contributed by atoms with Gasteiger partial charge in [-0.15, -0.1) is 0 Å². The molecular weight excluding hydrogens is 316 g/mol. The van der Waals surface area contributed by atoms with Gasteiger partial charge < -0.3 is 14.6 Å². The van der Waals surface area contributed by atoms with Crippen molar-refractivity contribution in [3.8, 4) is 0 Å². The maximum atomic E-state index is 12.3. The smallest absolute Gasteiger partial charge is 0.268 e. The quantitative estimate of drug-likeness (QED) is 0.773. The standard InChI is InChI=1S/C13H19ClN2O4S/c1-3-20-8-9(2)15-13(17)12-6-11(21(14,18)19)7-16(12)10-4-5-10/h6-7,9-10H,3-5,8H2,1-2H3,(H,15,17). The van der Waals surface area contributed by atoms with E-state index in [2.05, 4.69) is 5.32 Å². The summed E-state index contributed by atoms with van der Waals surface area (Å²) in [6.45, 7) is 4.70. The van der Waals surface area contributed by atoms with Crippen LogP contribution in [0.3, 0.4) is 0 Å². The fourth-order valence-electron chi connectivity index (χ4n) is 2.06. The van der Waals surface area contributed by atoms with Gasteiger partial charge in [0.2, 0.25) is 0 Å². The summed E-state index contributed by atoms with van der Waals surface area (Å²) in [5, 5.41) is 2.80. The molecule has 1 atom stereocenters. The molecule has 1 amide bonds. The van der Waals surface area contributed by atoms with Crippen LogP contribution in [0.4, 0.5) is 0 Å². The third-order valence-electron chi connectivity index (χ3n) is 3.23. The highest BCUT2D eigenvalue weighted by atomic mass is 35.7. The Bertz CT molecular complexity index is 622. The predicted molar refractivity (Wildman–Crippen MR) is 79.2 cm³/mol. The Hall–Kier alpha value is -1.05. The van der Waals surface area contributed by atoms with Gasteiger partial charge in [0.15, 0.2) is 0 Å². The van der Waals surface area contributed by atoms with Crippen molar-refractivity contribution in [2.75, 3.05) is 13.2 Å². The van der Waals surface area contributed by atoms with Crippen molar-refractivity contribution in [3.05, 3.63) is 18.0 Å². The molecule has 2 rings (SSSR count). The van der Waals surface area contributed by atoms with E-state index in [1.807, 2.05) is 13.8 Å². The minimum atomic E-state index is -3.84. The molecule has 1 aliphatic rings. The van der Waals surface area contributed by atoms with Gasteiger partial charge in [0.05, 0.1) is 6.61 Å². The molecule has 6 nitrogen and oxygen atoms in total. The Morgan fingerprint density at radius 1 is 1.57 bits per heavy atom. The van der Waals surface area contributed by atoms with E-state index in [1.54, 1.807) is 4.57 Å². The Kier molecular flexibility index (Phi) is 4.95. The molecule has 21 heavy (non-hydrogen) atoms. The number of aromatic nitrogens is 1. The summed E-state index contributed by atoms with van der Waals surface area (Å²) in [6.07, 6.45) is 3.30. The van der Waals surface area contributed by atoms with Crippen LogP contribution in [0.25, 0.3) is 0 Å². The minimum Gasteiger partial charge on any atom is -0.380 e. The number of carbonyl (C=O) groups is 1. The van der Waals surface area contributed by atoms with Crippen molar-refractivity contribution in [1.82, 2.24) is 9.88 Å². The van der Waals surface area contributed by atoms with Crippen LogP contribution in [-0.2, 0) is 13.8 Å². The van der Waals surface area contributed by atoms with Crippen LogP contribution in [0.5, 0.6) is 0 Å². The lowest BCUT2D eigenvalue weighted by Gasteiger charge is -2.14. The van der Waals surface area contributed by atoms with Gasteiger partial charge in [0.25, 0.3) is 15.0 Å². The van der Waals surface area contributed by atoms with Crippen LogP contribution in [0.1, 0.15) is 43.2 Å². The summed E-state index contributed by atoms with van der Waals surface area (Å²) in [5.74, 6) is -0.319. The topological polar surface area (TPSA) is 77.4 Å². The SMILES string of the molecule is CCOCC(C)NC(=O)c1cc(S(=O)(=O)Cl)cn1C1CC1. The predicted octanol–water partition coefficient (Wildman–Crippen LogP) is 1.91. The Labute approximate surface area is 128 Å². The first-order chi connectivity index (χ1) is 9.82. The average molecular weight is 335 g/mol. The number of halogens is 1. The summed E-state index contributed by atoms with van der Waals surface area (Å²) in [5.41, 5.74) is 0.320. The molecule has 1 aromatic rings. The van der Waals surface area contributed by atoms with Crippen LogP contribution in [-0.4, -0.2) is 38.1 Å². The van der Waals surface area contributed by atoms with E-state index >= 15 is 0 Å². The van der Waals surface area contributed by atoms with Crippen LogP contribution < -0.4 is 5.32 Å². The van der Waals surface area contributed by atoms with Crippen molar-refractivity contribution < 1.29 is 17.9 Å². The van der Waals surface area contributed by atoms with Gasteiger partial charge in [-0.2, -0.15) is 0 Å². The number of hydrogen-bond acceptors (Lipinski definition) is 4. The highest BCUT2D eigenvalue weighted by Crippen LogP contribution is 2.37. The molecule has 0 bridgehead atoms. The molecule has 1 aromatic heterocycles. The highest BCUT2D eigenvalue weighted by Gasteiger charge is 2.30. The molecule has 0 spiro atoms. The lowest BCUT2D eigenvalue weighted by Crippen LogP contribution is -2.36. The summed E-state index contributed by atoms with van der Waals surface area (Å²) >= 11 is 0. The third-order valence-corrected chi connectivity index (χ3v) is 4.55. The maximum absolute atomic E-state index is 12.3. The minimum absolute atomic E-state index is 0.0429. The van der Waals surface area contributed by atoms with Gasteiger partial charge in [-0.05, 0) is 32.8 Å². The van der Waals surface area contributed by atoms with E-state index in [4.69, 9.17) is 15.4 Å². The van der Waals surface area contributed by atoms with E-state index < -0.39 is 9.05 Å². The lowest BCUT2D eigenvalue weighted by molar-refractivity contribution is 0.0863. The van der Waals surface area contributed by atoms with Gasteiger partial charge in [0, 0.05) is 35.6 Å². The second kappa shape index (κ2) is 6.37. The van der Waals surface area contributed by atoms with Crippen molar-refractivity contribution in [3.63, 3.8) is 0 Å². The zero-order chi connectivity index (χ0) is 15.6. The highest BCUT2D eigenvalue weighted by molar-refractivity contribution is 8.13. The van der Waals surface area contributed by atoms with Crippen molar-refractivity contribution in [1.29, 1.82) is 0 Å². The third kappa shape index (κ3) is 4.21. The first-order valence-electron chi connectivity index (χ1n) is 6.88. The molecule has 8 heteroatoms. The molecule has 0 saturated heterocycles. The monoisotopic (exact) mass is 334 g/mol. The molecule has 0 aromatic carbocycles. The molecule has 1 saturated carbocycles. The van der Waals surface area contributed by atoms with E-state index in [0.29, 0.717) is 18.9 Å². The molecule has 1 aliphatic carbocycles. The van der Waals surface area contributed by atoms with Crippen molar-refractivity contribution in [2.45, 2.75) is 43.7 Å². The largest absolute Gasteiger partial charge is 0.380 e. The van der Waals surface area contributed by atoms with Gasteiger partial charge in [-0.1, -0.05) is 0 Å². The Balaban J connectivity index is 2.18. The van der Waals surface area contributed by atoms with Crippen LogP contribution in [0, 0.1) is 0 Å². The lowest BCUT2D eigenvalue weighted by atomic mass is 10.3. The number of carbonyl (C=O) groups excluding carboxylic acids is 1. The van der Waals surface area contributed by atoms with Gasteiger partial charge >= 0.3 is 0 Å². The van der Waals surface area contributed by atoms with E-state index in [-0.39, 0.29) is 22.9 Å². The zero-order valence-corrected chi connectivity index (χ0v) is 13.6. The second-order valence-electron chi connectivity index (χ2n) is 5.17. The van der Waals surface area contributed by atoms with Crippen LogP contribution in [0.15, 0.2) is 17.2 Å². The van der Waals surface area contributed by atoms with Gasteiger partial charge in [0.1, 0.15) is 10.6 Å². The van der Waals surface area contributed by atoms with Gasteiger partial charge in [-0.3, -0.25) is 4.79 Å². The van der Waals surface area contributed by atoms with E-state index in [1.165, 1.54) is 12.3 Å². The summed E-state index contributed by atoms with van der Waals surface area (Å²) in [6, 6.07) is 1.35. The summed E-state index contributed by atoms with van der Waals surface area (Å²) in [4.78, 5) is 12.2. The number of nitrogens with zero attached hydrogens (tertiary/aromatic N) is 1. The number of amides is 1. The first-order valence-corrected chi connectivity index (χ1v) is 9.19. The normalized spacial score (nSPS) is 16.7. The molecule has 1 fully saturated rings. The molecule has 0 radical (unpaired) electrons. The molecule has 1 unspecified atom stereocenters. The van der Waals surface area contributed by atoms with E-state index in [9.17, 15) is 13.2 Å². The van der Waals surface area contributed by atoms with Gasteiger partial charge in [-0.25, -0.2) is 8.42 Å². The molecule has 1 heterocycles. The van der Waals surface area contributed by atoms with Crippen LogP contribution >= 0.6 is 10.7 Å². The van der Waals surface area contributed by atoms with E-state index in [0.717, 1.165) is 12.8 Å². The first kappa shape index (κ1) is 16.3. The van der Waals surface area contributed by atoms with Crippen molar-refractivity contribution in [2.24, 2.45) is 0 Å². The summed E-state index contributed by atoms with van der Waals surface area (Å²) in [7, 11) is 1.52. The Morgan fingerprint density at radius 2 is 2.24 bits per heavy atom. The number of hydrogen-bond donors (Lipinski definition) is 1. The maximum Gasteiger partial charge on any atom is 0.268 e. The number of rotatable bonds is 7. The number of ether oxygens (including phenoxy) is 1. The second-order valence-corrected chi connectivity index (χ2v) is 7.74. The van der Waals surface area contributed by atoms with Crippen LogP contribution in [0.2, 0.25) is 0 Å². The molecule has 0 aliphatic heterocycles. The average Bonchev–Trinajstić information content (AvgIpc) is 3.13. The molecule has 1 N–H and O–H groups in total.